The van der Waals surface area contributed by atoms with E-state index in [1.165, 1.54) is 10.9 Å². The van der Waals surface area contributed by atoms with Crippen molar-refractivity contribution in [2.45, 2.75) is 19.4 Å². The maximum absolute atomic E-state index is 13.7. The normalized spacial score (nSPS) is 15.0. The average molecular weight is 470 g/mol. The molecule has 1 aliphatic rings. The number of nitrogens with one attached hydrogen (secondary N) is 1. The number of benzene rings is 2. The number of anilines is 1. The summed E-state index contributed by atoms with van der Waals surface area (Å²) < 4.78 is 8.85. The summed E-state index contributed by atoms with van der Waals surface area (Å²) in [6.07, 6.45) is 1.85. The maximum atomic E-state index is 13.7. The summed E-state index contributed by atoms with van der Waals surface area (Å²) in [4.78, 5) is 36.0. The van der Waals surface area contributed by atoms with Crippen LogP contribution in [0.2, 0.25) is 0 Å². The molecule has 0 unspecified atom stereocenters. The molecule has 1 saturated heterocycles. The number of hydrogen-bond acceptors (Lipinski definition) is 7. The van der Waals surface area contributed by atoms with Crippen LogP contribution < -0.4 is 15.9 Å². The Balaban J connectivity index is 1.56. The molecule has 0 spiro atoms. The largest absolute Gasteiger partial charge is 0.457 e. The molecule has 10 nitrogen and oxygen atoms in total. The monoisotopic (exact) mass is 470 g/mol. The molecule has 1 aliphatic heterocycles. The fraction of sp³-hybridized carbons (Fsp3) is 0.200. The third kappa shape index (κ3) is 4.09. The predicted octanol–water partition coefficient (Wildman–Crippen LogP) is 2.97. The topological polar surface area (TPSA) is 115 Å². The van der Waals surface area contributed by atoms with Crippen molar-refractivity contribution >= 4 is 22.9 Å². The van der Waals surface area contributed by atoms with Gasteiger partial charge in [-0.05, 0) is 55.7 Å². The van der Waals surface area contributed by atoms with Gasteiger partial charge in [0, 0.05) is 13.1 Å². The first kappa shape index (κ1) is 22.2. The fourth-order valence-electron chi connectivity index (χ4n) is 4.31. The molecule has 1 fully saturated rings. The number of aromatic nitrogens is 4. The molecule has 1 atom stereocenters. The molecule has 0 aliphatic carbocycles. The van der Waals surface area contributed by atoms with Gasteiger partial charge in [0.1, 0.15) is 23.3 Å². The summed E-state index contributed by atoms with van der Waals surface area (Å²) >= 11 is 0. The van der Waals surface area contributed by atoms with Crippen molar-refractivity contribution in [1.29, 1.82) is 0 Å². The lowest BCUT2D eigenvalue weighted by molar-refractivity contribution is -0.124. The maximum Gasteiger partial charge on any atom is 0.335 e. The third-order valence-electron chi connectivity index (χ3n) is 5.88. The van der Waals surface area contributed by atoms with Crippen LogP contribution in [0.4, 0.5) is 5.82 Å². The van der Waals surface area contributed by atoms with E-state index in [0.717, 1.165) is 0 Å². The van der Waals surface area contributed by atoms with Crippen LogP contribution in [0.15, 0.2) is 65.7 Å². The molecule has 4 aromatic rings. The predicted molar refractivity (Wildman–Crippen MR) is 129 cm³/mol. The number of para-hydroxylation sites is 1. The van der Waals surface area contributed by atoms with Gasteiger partial charge in [-0.3, -0.25) is 24.6 Å². The van der Waals surface area contributed by atoms with Gasteiger partial charge in [-0.1, -0.05) is 24.1 Å². The van der Waals surface area contributed by atoms with Gasteiger partial charge in [0.05, 0.1) is 11.7 Å². The lowest BCUT2D eigenvalue weighted by Gasteiger charge is -2.14. The van der Waals surface area contributed by atoms with Crippen molar-refractivity contribution in [1.82, 2.24) is 24.0 Å². The highest BCUT2D eigenvalue weighted by molar-refractivity contribution is 5.93. The first-order chi connectivity index (χ1) is 17.1. The molecular formula is C25H22N6O4. The van der Waals surface area contributed by atoms with Crippen molar-refractivity contribution in [3.05, 3.63) is 71.4 Å². The number of likely N-dealkylation sites (tertiary alicyclic amines) is 1. The van der Waals surface area contributed by atoms with Crippen molar-refractivity contribution in [3.63, 3.8) is 0 Å². The zero-order valence-electron chi connectivity index (χ0n) is 18.9. The van der Waals surface area contributed by atoms with E-state index < -0.39 is 0 Å². The second-order valence-corrected chi connectivity index (χ2v) is 7.97. The number of carbonyl (C=O) groups is 1. The fourth-order valence-corrected chi connectivity index (χ4v) is 4.31. The van der Waals surface area contributed by atoms with Crippen molar-refractivity contribution in [2.24, 2.45) is 0 Å². The van der Waals surface area contributed by atoms with Gasteiger partial charge in [0.2, 0.25) is 0 Å². The van der Waals surface area contributed by atoms with Gasteiger partial charge < -0.3 is 9.64 Å². The summed E-state index contributed by atoms with van der Waals surface area (Å²) in [7, 11) is 0. The van der Waals surface area contributed by atoms with Crippen LogP contribution >= 0.6 is 0 Å². The van der Waals surface area contributed by atoms with E-state index in [2.05, 4.69) is 27.3 Å². The summed E-state index contributed by atoms with van der Waals surface area (Å²) in [5, 5.41) is 9.70. The minimum Gasteiger partial charge on any atom is -0.457 e. The Morgan fingerprint density at radius 3 is 2.57 bits per heavy atom. The summed E-state index contributed by atoms with van der Waals surface area (Å²) in [5.74, 6) is 6.30. The second-order valence-electron chi connectivity index (χ2n) is 7.97. The molecule has 176 valence electrons. The van der Waals surface area contributed by atoms with Crippen LogP contribution in [0.5, 0.6) is 11.5 Å². The van der Waals surface area contributed by atoms with Crippen LogP contribution in [0.3, 0.4) is 0 Å². The smallest absolute Gasteiger partial charge is 0.335 e. The quantitative estimate of drug-likeness (QED) is 0.340. The van der Waals surface area contributed by atoms with Crippen LogP contribution in [0.25, 0.3) is 16.9 Å². The van der Waals surface area contributed by atoms with Crippen LogP contribution in [-0.4, -0.2) is 48.2 Å². The SMILES string of the molecule is CC#CC(=O)N1CC[C@@H](n2c(=O)n(-c3ccc(Oc4ccccc4)cc3)c3c(NO)ncnc32)C1. The van der Waals surface area contributed by atoms with Gasteiger partial charge in [0.25, 0.3) is 5.91 Å². The molecule has 5 rings (SSSR count). The Bertz CT molecular complexity index is 1500. The van der Waals surface area contributed by atoms with E-state index in [-0.39, 0.29) is 23.5 Å². The van der Waals surface area contributed by atoms with E-state index in [1.54, 1.807) is 40.7 Å². The average Bonchev–Trinajstić information content (AvgIpc) is 3.47. The van der Waals surface area contributed by atoms with Crippen molar-refractivity contribution in [3.8, 4) is 29.0 Å². The number of hydrogen-bond donors (Lipinski definition) is 2. The molecule has 3 heterocycles. The summed E-state index contributed by atoms with van der Waals surface area (Å²) in [6.45, 7) is 2.43. The standard InChI is InChI=1S/C25H22N6O4/c1-2-6-21(32)29-14-13-18(15-29)31-24-22(23(28-34)26-16-27-24)30(25(31)33)17-9-11-20(12-10-17)35-19-7-4-3-5-8-19/h3-5,7-12,16,18,34H,13-15H2,1H3,(H,26,27,28)/t18-/m1/s1. The molecular weight excluding hydrogens is 448 g/mol. The van der Waals surface area contributed by atoms with Gasteiger partial charge in [0.15, 0.2) is 11.5 Å². The third-order valence-corrected chi connectivity index (χ3v) is 5.88. The van der Waals surface area contributed by atoms with Gasteiger partial charge in [-0.2, -0.15) is 0 Å². The molecule has 0 saturated carbocycles. The Kier molecular flexibility index (Phi) is 5.91. The van der Waals surface area contributed by atoms with Crippen LogP contribution in [-0.2, 0) is 4.79 Å². The first-order valence-corrected chi connectivity index (χ1v) is 11.0. The lowest BCUT2D eigenvalue weighted by atomic mass is 10.2. The molecule has 1 amide bonds. The van der Waals surface area contributed by atoms with Gasteiger partial charge in [-0.15, -0.1) is 0 Å². The van der Waals surface area contributed by atoms with E-state index in [9.17, 15) is 14.8 Å². The van der Waals surface area contributed by atoms with Crippen LogP contribution in [0.1, 0.15) is 19.4 Å². The van der Waals surface area contributed by atoms with Gasteiger partial charge >= 0.3 is 5.69 Å². The molecule has 2 aromatic heterocycles. The van der Waals surface area contributed by atoms with Crippen LogP contribution in [0, 0.1) is 11.8 Å². The molecule has 2 N–H and O–H groups in total. The minimum atomic E-state index is -0.352. The lowest BCUT2D eigenvalue weighted by Crippen LogP contribution is -2.31. The van der Waals surface area contributed by atoms with E-state index >= 15 is 0 Å². The minimum absolute atomic E-state index is 0.0956. The first-order valence-electron chi connectivity index (χ1n) is 11.0. The highest BCUT2D eigenvalue weighted by Crippen LogP contribution is 2.29. The van der Waals surface area contributed by atoms with Crippen molar-refractivity contribution < 1.29 is 14.7 Å². The Morgan fingerprint density at radius 1 is 1.11 bits per heavy atom. The number of fused-ring (bicyclic) bond motifs is 1. The van der Waals surface area contributed by atoms with E-state index in [1.807, 2.05) is 30.3 Å². The van der Waals surface area contributed by atoms with E-state index in [4.69, 9.17) is 4.74 Å². The van der Waals surface area contributed by atoms with E-state index in [0.29, 0.717) is 47.9 Å². The zero-order valence-corrected chi connectivity index (χ0v) is 18.9. The second kappa shape index (κ2) is 9.32. The summed E-state index contributed by atoms with van der Waals surface area (Å²) in [5.41, 5.74) is 2.95. The Morgan fingerprint density at radius 2 is 1.86 bits per heavy atom. The summed E-state index contributed by atoms with van der Waals surface area (Å²) in [6, 6.07) is 16.1. The molecule has 10 heteroatoms. The highest BCUT2D eigenvalue weighted by atomic mass is 16.5. The number of amides is 1. The Labute approximate surface area is 200 Å². The van der Waals surface area contributed by atoms with Gasteiger partial charge in [-0.25, -0.2) is 14.8 Å². The van der Waals surface area contributed by atoms with Crippen molar-refractivity contribution in [2.75, 3.05) is 18.6 Å². The molecule has 35 heavy (non-hydrogen) atoms. The molecule has 0 bridgehead atoms. The number of imidazole rings is 1. The molecule has 0 radical (unpaired) electrons. The number of nitrogens with zero attached hydrogens (tertiary/aromatic N) is 5. The highest BCUT2D eigenvalue weighted by Gasteiger charge is 2.31. The zero-order chi connectivity index (χ0) is 24.4. The number of rotatable bonds is 5. The Hall–Kier alpha value is -4.62. The number of ether oxygens (including phenoxy) is 1. The molecule has 2 aromatic carbocycles. The number of carbonyl (C=O) groups excluding carboxylic acids is 1.